The number of nitrogens with zero attached hydrogens (tertiary/aromatic N) is 1. The van der Waals surface area contributed by atoms with Crippen LogP contribution in [0.5, 0.6) is 0 Å². The predicted octanol–water partition coefficient (Wildman–Crippen LogP) is 3.48. The van der Waals surface area contributed by atoms with E-state index in [-0.39, 0.29) is 0 Å². The van der Waals surface area contributed by atoms with E-state index in [0.717, 1.165) is 23.6 Å². The highest BCUT2D eigenvalue weighted by Crippen LogP contribution is 2.28. The first-order valence-electron chi connectivity index (χ1n) is 7.17. The average Bonchev–Trinajstić information content (AvgIpc) is 2.54. The van der Waals surface area contributed by atoms with Crippen molar-refractivity contribution in [1.82, 2.24) is 4.31 Å². The van der Waals surface area contributed by atoms with Gasteiger partial charge < -0.3 is 0 Å². The van der Waals surface area contributed by atoms with Crippen molar-refractivity contribution >= 4 is 32.4 Å². The second kappa shape index (κ2) is 5.95. The molecule has 21 heavy (non-hydrogen) atoms. The van der Waals surface area contributed by atoms with Crippen LogP contribution in [0.15, 0.2) is 47.4 Å². The average molecular weight is 324 g/mol. The molecule has 3 nitrogen and oxygen atoms in total. The van der Waals surface area contributed by atoms with E-state index >= 15 is 0 Å². The molecule has 112 valence electrons. The molecule has 0 unspecified atom stereocenters. The van der Waals surface area contributed by atoms with Gasteiger partial charge in [0.05, 0.1) is 4.90 Å². The molecule has 0 spiro atoms. The number of fused-ring (bicyclic) bond motifs is 1. The Kier molecular flexibility index (Phi) is 4.20. The Bertz CT molecular complexity index is 732. The highest BCUT2D eigenvalue weighted by molar-refractivity contribution is 7.89. The summed E-state index contributed by atoms with van der Waals surface area (Å²) in [6.07, 6.45) is 1.68. The van der Waals surface area contributed by atoms with Crippen molar-refractivity contribution in [2.45, 2.75) is 17.7 Å². The third-order valence-electron chi connectivity index (χ3n) is 4.16. The van der Waals surface area contributed by atoms with Crippen LogP contribution in [0.3, 0.4) is 0 Å². The molecular weight excluding hydrogens is 306 g/mol. The fourth-order valence-electron chi connectivity index (χ4n) is 2.86. The second-order valence-corrected chi connectivity index (χ2v) is 7.69. The van der Waals surface area contributed by atoms with Gasteiger partial charge in [-0.2, -0.15) is 4.31 Å². The van der Waals surface area contributed by atoms with Crippen molar-refractivity contribution in [3.8, 4) is 0 Å². The van der Waals surface area contributed by atoms with Crippen molar-refractivity contribution in [3.05, 3.63) is 42.5 Å². The molecule has 1 aliphatic rings. The van der Waals surface area contributed by atoms with Gasteiger partial charge in [0.25, 0.3) is 0 Å². The Balaban J connectivity index is 1.98. The third-order valence-corrected chi connectivity index (χ3v) is 6.55. The molecule has 1 saturated heterocycles. The molecule has 1 fully saturated rings. The maximum atomic E-state index is 12.9. The number of sulfonamides is 1. The van der Waals surface area contributed by atoms with E-state index < -0.39 is 10.0 Å². The Morgan fingerprint density at radius 1 is 1.05 bits per heavy atom. The number of hydrogen-bond donors (Lipinski definition) is 0. The van der Waals surface area contributed by atoms with Crippen LogP contribution >= 0.6 is 11.6 Å². The number of alkyl halides is 1. The first-order valence-corrected chi connectivity index (χ1v) is 9.14. The molecule has 2 aromatic rings. The number of piperidine rings is 1. The van der Waals surface area contributed by atoms with Crippen molar-refractivity contribution < 1.29 is 8.42 Å². The van der Waals surface area contributed by atoms with Crippen LogP contribution in [0.1, 0.15) is 12.8 Å². The standard InChI is InChI=1S/C16H18ClNO2S/c17-12-13-8-10-18(11-9-13)21(19,20)16-7-3-5-14-4-1-2-6-15(14)16/h1-7,13H,8-12H2. The van der Waals surface area contributed by atoms with Gasteiger partial charge in [0.2, 0.25) is 10.0 Å². The molecule has 0 radical (unpaired) electrons. The maximum Gasteiger partial charge on any atom is 0.243 e. The largest absolute Gasteiger partial charge is 0.243 e. The zero-order valence-corrected chi connectivity index (χ0v) is 13.3. The fourth-order valence-corrected chi connectivity index (χ4v) is 4.86. The van der Waals surface area contributed by atoms with Gasteiger partial charge in [0.1, 0.15) is 0 Å². The smallest absolute Gasteiger partial charge is 0.207 e. The molecule has 1 aliphatic heterocycles. The van der Waals surface area contributed by atoms with Crippen LogP contribution in [0.25, 0.3) is 10.8 Å². The van der Waals surface area contributed by atoms with Gasteiger partial charge in [0.15, 0.2) is 0 Å². The maximum absolute atomic E-state index is 12.9. The molecule has 0 aromatic heterocycles. The summed E-state index contributed by atoms with van der Waals surface area (Å²) in [5.74, 6) is 1.05. The molecule has 0 saturated carbocycles. The summed E-state index contributed by atoms with van der Waals surface area (Å²) >= 11 is 5.87. The lowest BCUT2D eigenvalue weighted by molar-refractivity contribution is 0.290. The van der Waals surface area contributed by atoms with Gasteiger partial charge >= 0.3 is 0 Å². The highest BCUT2D eigenvalue weighted by Gasteiger charge is 2.30. The molecule has 0 aliphatic carbocycles. The molecule has 3 rings (SSSR count). The number of hydrogen-bond acceptors (Lipinski definition) is 2. The van der Waals surface area contributed by atoms with Crippen molar-refractivity contribution in [3.63, 3.8) is 0 Å². The van der Waals surface area contributed by atoms with E-state index in [1.165, 1.54) is 0 Å². The highest BCUT2D eigenvalue weighted by atomic mass is 35.5. The zero-order chi connectivity index (χ0) is 14.9. The minimum Gasteiger partial charge on any atom is -0.207 e. The van der Waals surface area contributed by atoms with Gasteiger partial charge in [-0.15, -0.1) is 11.6 Å². The second-order valence-electron chi connectivity index (χ2n) is 5.48. The normalized spacial score (nSPS) is 18.1. The molecule has 0 atom stereocenters. The van der Waals surface area contributed by atoms with Gasteiger partial charge in [-0.3, -0.25) is 0 Å². The molecule has 5 heteroatoms. The lowest BCUT2D eigenvalue weighted by atomic mass is 10.0. The summed E-state index contributed by atoms with van der Waals surface area (Å²) in [4.78, 5) is 0.407. The summed E-state index contributed by atoms with van der Waals surface area (Å²) in [5, 5.41) is 1.74. The predicted molar refractivity (Wildman–Crippen MR) is 86.2 cm³/mol. The number of benzene rings is 2. The lowest BCUT2D eigenvalue weighted by Crippen LogP contribution is -2.38. The zero-order valence-electron chi connectivity index (χ0n) is 11.7. The van der Waals surface area contributed by atoms with Crippen LogP contribution in [-0.4, -0.2) is 31.7 Å². The van der Waals surface area contributed by atoms with Crippen molar-refractivity contribution in [2.24, 2.45) is 5.92 Å². The Morgan fingerprint density at radius 2 is 1.71 bits per heavy atom. The van der Waals surface area contributed by atoms with E-state index in [1.54, 1.807) is 16.4 Å². The van der Waals surface area contributed by atoms with Gasteiger partial charge in [-0.1, -0.05) is 36.4 Å². The van der Waals surface area contributed by atoms with Crippen LogP contribution in [0.2, 0.25) is 0 Å². The van der Waals surface area contributed by atoms with Crippen molar-refractivity contribution in [1.29, 1.82) is 0 Å². The molecule has 0 bridgehead atoms. The third kappa shape index (κ3) is 2.80. The fraction of sp³-hybridized carbons (Fsp3) is 0.375. The first-order chi connectivity index (χ1) is 10.1. The number of rotatable bonds is 3. The first kappa shape index (κ1) is 14.8. The van der Waals surface area contributed by atoms with E-state index in [2.05, 4.69) is 0 Å². The molecule has 2 aromatic carbocycles. The SMILES string of the molecule is O=S(=O)(c1cccc2ccccc12)N1CCC(CCl)CC1. The Morgan fingerprint density at radius 3 is 2.43 bits per heavy atom. The summed E-state index contributed by atoms with van der Waals surface area (Å²) in [6, 6.07) is 13.0. The molecular formula is C16H18ClNO2S. The van der Waals surface area contributed by atoms with E-state index in [1.807, 2.05) is 30.3 Å². The minimum atomic E-state index is -3.43. The monoisotopic (exact) mass is 323 g/mol. The molecule has 0 N–H and O–H groups in total. The van der Waals surface area contributed by atoms with Crippen LogP contribution in [-0.2, 0) is 10.0 Å². The summed E-state index contributed by atoms with van der Waals surface area (Å²) in [6.45, 7) is 1.12. The van der Waals surface area contributed by atoms with Crippen LogP contribution in [0.4, 0.5) is 0 Å². The Labute approximate surface area is 130 Å². The summed E-state index contributed by atoms with van der Waals surface area (Å²) in [5.41, 5.74) is 0. The van der Waals surface area contributed by atoms with Crippen molar-refractivity contribution in [2.75, 3.05) is 19.0 Å². The summed E-state index contributed by atoms with van der Waals surface area (Å²) < 4.78 is 27.4. The Hall–Kier alpha value is -1.10. The minimum absolute atomic E-state index is 0.407. The van der Waals surface area contributed by atoms with E-state index in [4.69, 9.17) is 11.6 Å². The van der Waals surface area contributed by atoms with Crippen LogP contribution in [0, 0.1) is 5.92 Å². The van der Waals surface area contributed by atoms with Gasteiger partial charge in [-0.05, 0) is 30.2 Å². The molecule has 1 heterocycles. The van der Waals surface area contributed by atoms with Gasteiger partial charge in [0, 0.05) is 24.4 Å². The number of halogens is 1. The topological polar surface area (TPSA) is 37.4 Å². The van der Waals surface area contributed by atoms with Crippen LogP contribution < -0.4 is 0 Å². The van der Waals surface area contributed by atoms with E-state index in [9.17, 15) is 8.42 Å². The van der Waals surface area contributed by atoms with E-state index in [0.29, 0.717) is 29.8 Å². The summed E-state index contributed by atoms with van der Waals surface area (Å²) in [7, 11) is -3.43. The lowest BCUT2D eigenvalue weighted by Gasteiger charge is -2.30. The van der Waals surface area contributed by atoms with Gasteiger partial charge in [-0.25, -0.2) is 8.42 Å². The molecule has 0 amide bonds. The quantitative estimate of drug-likeness (QED) is 0.811.